The Labute approximate surface area is 215 Å². The van der Waals surface area contributed by atoms with Crippen molar-refractivity contribution in [1.82, 2.24) is 0 Å². The molecule has 3 amide bonds. The van der Waals surface area contributed by atoms with Crippen LogP contribution in [0.25, 0.3) is 16.0 Å². The molecule has 1 radical (unpaired) electrons. The minimum atomic E-state index is -0.300. The van der Waals surface area contributed by atoms with E-state index in [1.165, 1.54) is 20.8 Å². The first-order valence-electron chi connectivity index (χ1n) is 11.2. The quantitative estimate of drug-likeness (QED) is 0.270. The molecule has 9 nitrogen and oxygen atoms in total. The number of carbonyl (C=O) groups is 6. The summed E-state index contributed by atoms with van der Waals surface area (Å²) in [6.07, 6.45) is -0.147. The first kappa shape index (κ1) is 39.2. The van der Waals surface area contributed by atoms with Crippen LogP contribution >= 0.6 is 0 Å². The van der Waals surface area contributed by atoms with Crippen LogP contribution < -0.4 is 0 Å². The topological polar surface area (TPSA) is 145 Å². The SMILES string of the molecule is CC(=O)CC(=O)[N-]CC(C)C.CC(=O)CC(=O)[N-]CC(C)C.CC(=O)CC(=O)[N-]CC(C)C.[Fe+3]. The van der Waals surface area contributed by atoms with Crippen LogP contribution in [-0.2, 0) is 45.8 Å². The summed E-state index contributed by atoms with van der Waals surface area (Å²) in [5.41, 5.74) is 0. The average molecular weight is 524 g/mol. The van der Waals surface area contributed by atoms with Crippen LogP contribution in [-0.4, -0.2) is 54.7 Å². The van der Waals surface area contributed by atoms with Crippen molar-refractivity contribution in [3.8, 4) is 0 Å². The molecule has 0 unspecified atom stereocenters. The minimum Gasteiger partial charge on any atom is -0.653 e. The summed E-state index contributed by atoms with van der Waals surface area (Å²) in [5, 5.41) is 11.1. The first-order chi connectivity index (χ1) is 15.1. The molecule has 0 aromatic heterocycles. The van der Waals surface area contributed by atoms with E-state index in [0.717, 1.165) is 0 Å². The number of rotatable bonds is 12. The zero-order chi connectivity index (χ0) is 26.6. The molecule has 0 N–H and O–H groups in total. The van der Waals surface area contributed by atoms with Gasteiger partial charge in [0.05, 0.1) is 17.7 Å². The summed E-state index contributed by atoms with van der Waals surface area (Å²) < 4.78 is 0. The molecule has 0 rings (SSSR count). The van der Waals surface area contributed by atoms with Crippen molar-refractivity contribution in [3.63, 3.8) is 0 Å². The first-order valence-corrected chi connectivity index (χ1v) is 11.2. The molecule has 0 saturated heterocycles. The molecule has 0 aliphatic heterocycles. The van der Waals surface area contributed by atoms with Gasteiger partial charge in [-0.2, -0.15) is 0 Å². The van der Waals surface area contributed by atoms with E-state index in [4.69, 9.17) is 0 Å². The van der Waals surface area contributed by atoms with E-state index < -0.39 is 0 Å². The monoisotopic (exact) mass is 524 g/mol. The maximum atomic E-state index is 10.8. The maximum Gasteiger partial charge on any atom is 3.00 e. The zero-order valence-corrected chi connectivity index (χ0v) is 23.2. The molecule has 197 valence electrons. The summed E-state index contributed by atoms with van der Waals surface area (Å²) >= 11 is 0. The van der Waals surface area contributed by atoms with E-state index >= 15 is 0 Å². The molecule has 10 heteroatoms. The number of Topliss-reactive ketones (excluding diaryl/α,β-unsaturated/α-hetero) is 3. The molecule has 0 spiro atoms. The molecule has 0 bridgehead atoms. The summed E-state index contributed by atoms with van der Waals surface area (Å²) in [7, 11) is 0. The van der Waals surface area contributed by atoms with Crippen LogP contribution in [0.1, 0.15) is 81.6 Å². The van der Waals surface area contributed by atoms with Crippen molar-refractivity contribution < 1.29 is 45.8 Å². The Morgan fingerprint density at radius 2 is 0.647 bits per heavy atom. The van der Waals surface area contributed by atoms with Crippen LogP contribution in [0.4, 0.5) is 0 Å². The van der Waals surface area contributed by atoms with Gasteiger partial charge < -0.3 is 30.3 Å². The fraction of sp³-hybridized carbons (Fsp3) is 0.750. The van der Waals surface area contributed by atoms with Gasteiger partial charge in [0.25, 0.3) is 0 Å². The largest absolute Gasteiger partial charge is 3.00 e. The molecule has 0 aromatic rings. The van der Waals surface area contributed by atoms with Crippen molar-refractivity contribution in [2.45, 2.75) is 81.6 Å². The Morgan fingerprint density at radius 3 is 0.765 bits per heavy atom. The van der Waals surface area contributed by atoms with E-state index in [1.807, 2.05) is 41.5 Å². The Kier molecular flexibility index (Phi) is 27.7. The molecule has 0 aliphatic carbocycles. The van der Waals surface area contributed by atoms with Gasteiger partial charge in [-0.3, -0.25) is 14.4 Å². The maximum absolute atomic E-state index is 10.8. The number of ketones is 3. The standard InChI is InChI=1S/3C8H15NO2.Fe/c3*1-6(2)5-9-8(11)4-7(3)10;/h3*6H,4-5H2,1-3H3,(H,9,11);/q;;;+3/p-3. The molecular formula is C24H42FeN3O6. The minimum absolute atomic E-state index is 0. The number of hydrogen-bond acceptors (Lipinski definition) is 6. The molecule has 34 heavy (non-hydrogen) atoms. The van der Waals surface area contributed by atoms with Gasteiger partial charge in [-0.25, -0.2) is 0 Å². The van der Waals surface area contributed by atoms with Crippen LogP contribution in [0.15, 0.2) is 0 Å². The van der Waals surface area contributed by atoms with Crippen LogP contribution in [0, 0.1) is 17.8 Å². The summed E-state index contributed by atoms with van der Waals surface area (Å²) in [4.78, 5) is 63.6. The van der Waals surface area contributed by atoms with Gasteiger partial charge >= 0.3 is 17.1 Å². The molecule has 0 aliphatic rings. The van der Waals surface area contributed by atoms with Gasteiger partial charge in [0.2, 0.25) is 0 Å². The van der Waals surface area contributed by atoms with E-state index in [-0.39, 0.29) is 71.4 Å². The van der Waals surface area contributed by atoms with Crippen molar-refractivity contribution in [2.24, 2.45) is 17.8 Å². The fourth-order valence-corrected chi connectivity index (χ4v) is 1.66. The fourth-order valence-electron chi connectivity index (χ4n) is 1.66. The Bertz CT molecular complexity index is 549. The molecule has 0 heterocycles. The van der Waals surface area contributed by atoms with E-state index in [0.29, 0.717) is 37.4 Å². The second-order valence-corrected chi connectivity index (χ2v) is 9.02. The van der Waals surface area contributed by atoms with Crippen LogP contribution in [0.3, 0.4) is 0 Å². The van der Waals surface area contributed by atoms with Gasteiger partial charge in [0.1, 0.15) is 17.3 Å². The number of carbonyl (C=O) groups excluding carboxylic acids is 6. The number of amides is 3. The predicted octanol–water partition coefficient (Wildman–Crippen LogP) is 4.56. The second kappa shape index (κ2) is 24.1. The van der Waals surface area contributed by atoms with Crippen LogP contribution in [0.2, 0.25) is 0 Å². The van der Waals surface area contributed by atoms with Gasteiger partial charge in [-0.1, -0.05) is 59.3 Å². The van der Waals surface area contributed by atoms with Gasteiger partial charge in [0.15, 0.2) is 0 Å². The normalized spacial score (nSPS) is 9.53. The van der Waals surface area contributed by atoms with Crippen molar-refractivity contribution in [3.05, 3.63) is 16.0 Å². The smallest absolute Gasteiger partial charge is 0.653 e. The summed E-state index contributed by atoms with van der Waals surface area (Å²) in [5.74, 6) is -0.126. The Hall–Kier alpha value is -2.06. The average Bonchev–Trinajstić information content (AvgIpc) is 2.62. The third-order valence-corrected chi connectivity index (χ3v) is 3.10. The summed E-state index contributed by atoms with van der Waals surface area (Å²) in [6, 6.07) is 0. The van der Waals surface area contributed by atoms with E-state index in [1.54, 1.807) is 0 Å². The number of nitrogens with zero attached hydrogens (tertiary/aromatic N) is 3. The second-order valence-electron chi connectivity index (χ2n) is 9.02. The molecule has 0 fully saturated rings. The van der Waals surface area contributed by atoms with E-state index in [2.05, 4.69) is 16.0 Å². The molecular weight excluding hydrogens is 482 g/mol. The summed E-state index contributed by atoms with van der Waals surface area (Å²) in [6.45, 7) is 17.6. The van der Waals surface area contributed by atoms with Crippen molar-refractivity contribution in [2.75, 3.05) is 19.6 Å². The zero-order valence-electron chi connectivity index (χ0n) is 22.1. The van der Waals surface area contributed by atoms with Gasteiger partial charge in [-0.15, -0.1) is 19.6 Å². The van der Waals surface area contributed by atoms with Crippen molar-refractivity contribution in [1.29, 1.82) is 0 Å². The molecule has 0 atom stereocenters. The van der Waals surface area contributed by atoms with Gasteiger partial charge in [0, 0.05) is 19.3 Å². The third-order valence-electron chi connectivity index (χ3n) is 3.10. The predicted molar refractivity (Wildman–Crippen MR) is 130 cm³/mol. The van der Waals surface area contributed by atoms with Crippen molar-refractivity contribution >= 4 is 35.1 Å². The van der Waals surface area contributed by atoms with E-state index in [9.17, 15) is 28.8 Å². The number of hydrogen-bond donors (Lipinski definition) is 0. The Morgan fingerprint density at radius 1 is 0.471 bits per heavy atom. The molecule has 0 saturated carbocycles. The Balaban J connectivity index is -0.000000196. The van der Waals surface area contributed by atoms with Gasteiger partial charge in [-0.05, 0) is 20.8 Å². The third kappa shape index (κ3) is 40.3. The van der Waals surface area contributed by atoms with Crippen LogP contribution in [0.5, 0.6) is 0 Å². The molecule has 0 aromatic carbocycles.